The second kappa shape index (κ2) is 7.71. The molecule has 0 nitrogen and oxygen atoms in total. The van der Waals surface area contributed by atoms with Gasteiger partial charge in [0.1, 0.15) is 0 Å². The van der Waals surface area contributed by atoms with Crippen LogP contribution in [0, 0.1) is 0 Å². The third kappa shape index (κ3) is 3.86. The first-order valence-electron chi connectivity index (χ1n) is 11.1. The minimum absolute atomic E-state index is 0.240. The number of rotatable bonds is 0. The van der Waals surface area contributed by atoms with E-state index >= 15 is 0 Å². The van der Waals surface area contributed by atoms with E-state index in [0.29, 0.717) is 0 Å². The predicted molar refractivity (Wildman–Crippen MR) is 135 cm³/mol. The molecule has 0 saturated heterocycles. The van der Waals surface area contributed by atoms with Crippen molar-refractivity contribution in [3.63, 3.8) is 0 Å². The number of hydrogen-bond donors (Lipinski definition) is 0. The van der Waals surface area contributed by atoms with Crippen molar-refractivity contribution in [1.29, 1.82) is 0 Å². The molecule has 1 aliphatic rings. The molecule has 6 rings (SSSR count). The maximum absolute atomic E-state index is 2.38. The summed E-state index contributed by atoms with van der Waals surface area (Å²) < 4.78 is 0. The molecule has 31 heavy (non-hydrogen) atoms. The van der Waals surface area contributed by atoms with Crippen LogP contribution in [0.2, 0.25) is 0 Å². The van der Waals surface area contributed by atoms with Crippen molar-refractivity contribution in [2.45, 2.75) is 32.6 Å². The van der Waals surface area contributed by atoms with Crippen LogP contribution in [0.15, 0.2) is 103 Å². The van der Waals surface area contributed by atoms with Crippen LogP contribution in [0.5, 0.6) is 0 Å². The number of fused-ring (bicyclic) bond motifs is 5. The molecule has 152 valence electrons. The van der Waals surface area contributed by atoms with Gasteiger partial charge in [0.05, 0.1) is 0 Å². The molecule has 0 amide bonds. The van der Waals surface area contributed by atoms with Gasteiger partial charge in [-0.25, -0.2) is 0 Å². The monoisotopic (exact) mass is 400 g/mol. The Hall–Kier alpha value is -3.38. The summed E-state index contributed by atoms with van der Waals surface area (Å²) in [6.07, 6.45) is 1.09. The van der Waals surface area contributed by atoms with Gasteiger partial charge < -0.3 is 0 Å². The molecule has 0 atom stereocenters. The van der Waals surface area contributed by atoms with E-state index in [1.54, 1.807) is 0 Å². The summed E-state index contributed by atoms with van der Waals surface area (Å²) in [6, 6.07) is 37.1. The zero-order chi connectivity index (χ0) is 21.4. The van der Waals surface area contributed by atoms with Crippen LogP contribution in [0.3, 0.4) is 0 Å². The molecule has 0 aliphatic heterocycles. The quantitative estimate of drug-likeness (QED) is 0.224. The maximum Gasteiger partial charge on any atom is -0.00134 e. The molecule has 0 spiro atoms. The fourth-order valence-corrected chi connectivity index (χ4v) is 4.49. The Morgan fingerprint density at radius 3 is 1.52 bits per heavy atom. The van der Waals surface area contributed by atoms with Crippen LogP contribution >= 0.6 is 0 Å². The molecule has 0 saturated carbocycles. The molecule has 5 aromatic carbocycles. The summed E-state index contributed by atoms with van der Waals surface area (Å²) in [7, 11) is 0. The Labute approximate surface area is 185 Å². The molecule has 0 aromatic heterocycles. The highest BCUT2D eigenvalue weighted by Crippen LogP contribution is 2.38. The first-order chi connectivity index (χ1) is 15.0. The molecule has 5 aromatic rings. The fourth-order valence-electron chi connectivity index (χ4n) is 4.49. The first kappa shape index (κ1) is 19.6. The zero-order valence-corrected chi connectivity index (χ0v) is 18.5. The molecular weight excluding hydrogens is 372 g/mol. The van der Waals surface area contributed by atoms with Crippen molar-refractivity contribution in [3.05, 3.63) is 120 Å². The van der Waals surface area contributed by atoms with Gasteiger partial charge in [0.2, 0.25) is 0 Å². The van der Waals surface area contributed by atoms with E-state index in [-0.39, 0.29) is 5.41 Å². The summed E-state index contributed by atoms with van der Waals surface area (Å²) in [4.78, 5) is 0. The summed E-state index contributed by atoms with van der Waals surface area (Å²) in [5.41, 5.74) is 7.47. The van der Waals surface area contributed by atoms with E-state index in [9.17, 15) is 0 Å². The van der Waals surface area contributed by atoms with Crippen molar-refractivity contribution >= 4 is 21.5 Å². The van der Waals surface area contributed by atoms with Gasteiger partial charge in [-0.2, -0.15) is 0 Å². The van der Waals surface area contributed by atoms with Gasteiger partial charge in [0.15, 0.2) is 0 Å². The van der Waals surface area contributed by atoms with Crippen molar-refractivity contribution < 1.29 is 0 Å². The smallest absolute Gasteiger partial charge is 0.00134 e. The molecule has 0 unspecified atom stereocenters. The highest BCUT2D eigenvalue weighted by atomic mass is 14.2. The lowest BCUT2D eigenvalue weighted by molar-refractivity contribution is 0.590. The van der Waals surface area contributed by atoms with Crippen LogP contribution in [0.4, 0.5) is 0 Å². The van der Waals surface area contributed by atoms with Crippen molar-refractivity contribution in [2.24, 2.45) is 0 Å². The summed E-state index contributed by atoms with van der Waals surface area (Å²) in [5.74, 6) is 0. The fraction of sp³-hybridized carbons (Fsp3) is 0.161. The summed E-state index contributed by atoms with van der Waals surface area (Å²) in [6.45, 7) is 6.82. The highest BCUT2D eigenvalue weighted by molar-refractivity contribution is 5.98. The largest absolute Gasteiger partial charge is 0.0619 e. The van der Waals surface area contributed by atoms with Gasteiger partial charge in [-0.1, -0.05) is 112 Å². The lowest BCUT2D eigenvalue weighted by atomic mass is 9.85. The molecule has 0 heterocycles. The molecule has 0 radical (unpaired) electrons. The van der Waals surface area contributed by atoms with E-state index in [1.165, 1.54) is 49.4 Å². The van der Waals surface area contributed by atoms with Gasteiger partial charge in [-0.3, -0.25) is 0 Å². The van der Waals surface area contributed by atoms with Gasteiger partial charge >= 0.3 is 0 Å². The Balaban J connectivity index is 0.000000134. The Morgan fingerprint density at radius 2 is 0.968 bits per heavy atom. The maximum atomic E-state index is 2.38. The van der Waals surface area contributed by atoms with Crippen LogP contribution in [0.25, 0.3) is 32.7 Å². The lowest BCUT2D eigenvalue weighted by Crippen LogP contribution is -2.11. The minimum atomic E-state index is 0.240. The standard InChI is InChI=1S/C17H18.C14H10/c1-17(2,3)14-8-9-16-13(11-14)10-12-6-4-5-7-15(12)16;1-2-6-12-10-14-8-4-3-7-13(14)9-11(12)5-1/h4-9,11H,10H2,1-3H3;1-10H. The first-order valence-corrected chi connectivity index (χ1v) is 11.1. The van der Waals surface area contributed by atoms with Crippen LogP contribution in [-0.2, 0) is 11.8 Å². The van der Waals surface area contributed by atoms with E-state index in [4.69, 9.17) is 0 Å². The SMILES string of the molecule is CC(C)(C)c1ccc2c(c1)Cc1ccccc1-2.c1ccc2cc3ccccc3cc2c1. The Bertz CT molecular complexity index is 1280. The van der Waals surface area contributed by atoms with E-state index in [0.717, 1.165) is 6.42 Å². The third-order valence-electron chi connectivity index (χ3n) is 6.27. The third-order valence-corrected chi connectivity index (χ3v) is 6.27. The lowest BCUT2D eigenvalue weighted by Gasteiger charge is -2.20. The highest BCUT2D eigenvalue weighted by Gasteiger charge is 2.21. The van der Waals surface area contributed by atoms with Crippen LogP contribution in [0.1, 0.15) is 37.5 Å². The van der Waals surface area contributed by atoms with E-state index in [2.05, 4.69) is 124 Å². The average molecular weight is 401 g/mol. The normalized spacial score (nSPS) is 12.2. The topological polar surface area (TPSA) is 0 Å². The van der Waals surface area contributed by atoms with Crippen LogP contribution < -0.4 is 0 Å². The molecule has 0 heteroatoms. The molecule has 1 aliphatic carbocycles. The van der Waals surface area contributed by atoms with Gasteiger partial charge in [0, 0.05) is 0 Å². The van der Waals surface area contributed by atoms with E-state index in [1.807, 2.05) is 0 Å². The predicted octanol–water partition coefficient (Wildman–Crippen LogP) is 8.55. The Morgan fingerprint density at radius 1 is 0.484 bits per heavy atom. The second-order valence-electron chi connectivity index (χ2n) is 9.50. The number of hydrogen-bond acceptors (Lipinski definition) is 0. The number of benzene rings is 5. The second-order valence-corrected chi connectivity index (χ2v) is 9.50. The van der Waals surface area contributed by atoms with E-state index < -0.39 is 0 Å². The molecule has 0 N–H and O–H groups in total. The van der Waals surface area contributed by atoms with Crippen LogP contribution in [-0.4, -0.2) is 0 Å². The van der Waals surface area contributed by atoms with Gasteiger partial charge in [-0.05, 0) is 73.3 Å². The average Bonchev–Trinajstić information content (AvgIpc) is 3.15. The Kier molecular flexibility index (Phi) is 4.87. The molecule has 0 fully saturated rings. The zero-order valence-electron chi connectivity index (χ0n) is 18.5. The molecular formula is C31H28. The summed E-state index contributed by atoms with van der Waals surface area (Å²) in [5, 5.41) is 5.25. The van der Waals surface area contributed by atoms with Gasteiger partial charge in [-0.15, -0.1) is 0 Å². The van der Waals surface area contributed by atoms with Crippen molar-refractivity contribution in [3.8, 4) is 11.1 Å². The van der Waals surface area contributed by atoms with Gasteiger partial charge in [0.25, 0.3) is 0 Å². The van der Waals surface area contributed by atoms with Crippen molar-refractivity contribution in [1.82, 2.24) is 0 Å². The molecule has 0 bridgehead atoms. The van der Waals surface area contributed by atoms with Crippen molar-refractivity contribution in [2.75, 3.05) is 0 Å². The summed E-state index contributed by atoms with van der Waals surface area (Å²) >= 11 is 0. The minimum Gasteiger partial charge on any atom is -0.0619 e.